The summed E-state index contributed by atoms with van der Waals surface area (Å²) in [6, 6.07) is 3.13. The first kappa shape index (κ1) is 13.7. The topological polar surface area (TPSA) is 105 Å². The monoisotopic (exact) mass is 272 g/mol. The molecule has 1 fully saturated rings. The average Bonchev–Trinajstić information content (AvgIpc) is 2.44. The zero-order chi connectivity index (χ0) is 14.5. The standard InChI is InChI=1S/C13H12N4O3/c14-5-1-2-9-3-4-10(15-6-9)13(20)17-7-11(18)16-12(19)8-17/h3-4,6H,5,7-8,14H2,(H,16,18,19). The molecule has 1 aliphatic rings. The first-order chi connectivity index (χ1) is 9.60. The number of pyridine rings is 1. The van der Waals surface area contributed by atoms with Gasteiger partial charge < -0.3 is 10.6 Å². The lowest BCUT2D eigenvalue weighted by Gasteiger charge is -2.24. The van der Waals surface area contributed by atoms with Crippen LogP contribution in [-0.2, 0) is 9.59 Å². The molecular weight excluding hydrogens is 260 g/mol. The van der Waals surface area contributed by atoms with Gasteiger partial charge >= 0.3 is 0 Å². The van der Waals surface area contributed by atoms with Crippen LogP contribution in [-0.4, -0.2) is 47.2 Å². The first-order valence-electron chi connectivity index (χ1n) is 5.87. The zero-order valence-electron chi connectivity index (χ0n) is 10.5. The molecule has 1 aliphatic heterocycles. The maximum Gasteiger partial charge on any atom is 0.273 e. The number of hydrogen-bond donors (Lipinski definition) is 2. The third kappa shape index (κ3) is 3.18. The van der Waals surface area contributed by atoms with Crippen molar-refractivity contribution >= 4 is 17.7 Å². The number of carbonyl (C=O) groups is 3. The number of nitrogens with one attached hydrogen (secondary N) is 1. The van der Waals surface area contributed by atoms with Gasteiger partial charge in [0.1, 0.15) is 18.8 Å². The SMILES string of the molecule is NCC#Cc1ccc(C(=O)N2CC(=O)NC(=O)C2)nc1. The Morgan fingerprint density at radius 1 is 1.35 bits per heavy atom. The molecule has 2 rings (SSSR count). The fourth-order valence-electron chi connectivity index (χ4n) is 1.69. The summed E-state index contributed by atoms with van der Waals surface area (Å²) in [7, 11) is 0. The lowest BCUT2D eigenvalue weighted by Crippen LogP contribution is -2.53. The zero-order valence-corrected chi connectivity index (χ0v) is 10.5. The molecular formula is C13H12N4O3. The Balaban J connectivity index is 2.12. The number of piperazine rings is 1. The minimum absolute atomic E-state index is 0.152. The molecule has 0 spiro atoms. The van der Waals surface area contributed by atoms with E-state index in [1.54, 1.807) is 6.07 Å². The van der Waals surface area contributed by atoms with E-state index in [1.807, 2.05) is 0 Å². The predicted octanol–water partition coefficient (Wildman–Crippen LogP) is -1.51. The largest absolute Gasteiger partial charge is 0.320 e. The molecule has 3 amide bonds. The van der Waals surface area contributed by atoms with Crippen LogP contribution >= 0.6 is 0 Å². The van der Waals surface area contributed by atoms with Crippen LogP contribution in [0, 0.1) is 11.8 Å². The minimum atomic E-state index is -0.500. The Morgan fingerprint density at radius 2 is 2.05 bits per heavy atom. The van der Waals surface area contributed by atoms with E-state index >= 15 is 0 Å². The van der Waals surface area contributed by atoms with Gasteiger partial charge in [0, 0.05) is 11.8 Å². The highest BCUT2D eigenvalue weighted by Gasteiger charge is 2.27. The quantitative estimate of drug-likeness (QED) is 0.477. The summed E-state index contributed by atoms with van der Waals surface area (Å²) >= 11 is 0. The highest BCUT2D eigenvalue weighted by atomic mass is 16.2. The van der Waals surface area contributed by atoms with E-state index in [2.05, 4.69) is 22.1 Å². The Hall–Kier alpha value is -2.72. The van der Waals surface area contributed by atoms with E-state index in [-0.39, 0.29) is 25.3 Å². The number of carbonyl (C=O) groups excluding carboxylic acids is 3. The van der Waals surface area contributed by atoms with Gasteiger partial charge in [-0.05, 0) is 12.1 Å². The van der Waals surface area contributed by atoms with Crippen LogP contribution in [0.3, 0.4) is 0 Å². The number of rotatable bonds is 1. The van der Waals surface area contributed by atoms with E-state index in [1.165, 1.54) is 12.3 Å². The summed E-state index contributed by atoms with van der Waals surface area (Å²) in [5.41, 5.74) is 6.05. The van der Waals surface area contributed by atoms with Crippen molar-refractivity contribution in [3.8, 4) is 11.8 Å². The molecule has 0 saturated carbocycles. The van der Waals surface area contributed by atoms with Crippen LogP contribution in [0.15, 0.2) is 18.3 Å². The summed E-state index contributed by atoms with van der Waals surface area (Å²) in [6.45, 7) is -0.0619. The number of hydrogen-bond acceptors (Lipinski definition) is 5. The van der Waals surface area contributed by atoms with Gasteiger partial charge in [-0.25, -0.2) is 4.98 Å². The molecule has 7 nitrogen and oxygen atoms in total. The van der Waals surface area contributed by atoms with Crippen molar-refractivity contribution in [1.29, 1.82) is 0 Å². The van der Waals surface area contributed by atoms with Crippen molar-refractivity contribution in [2.24, 2.45) is 5.73 Å². The van der Waals surface area contributed by atoms with E-state index < -0.39 is 17.7 Å². The Kier molecular flexibility index (Phi) is 4.08. The fourth-order valence-corrected chi connectivity index (χ4v) is 1.69. The molecule has 2 heterocycles. The molecule has 1 aromatic rings. The second-order valence-electron chi connectivity index (χ2n) is 4.07. The van der Waals surface area contributed by atoms with Gasteiger partial charge in [0.2, 0.25) is 11.8 Å². The third-order valence-electron chi connectivity index (χ3n) is 2.55. The fraction of sp³-hybridized carbons (Fsp3) is 0.231. The van der Waals surface area contributed by atoms with E-state index in [0.717, 1.165) is 4.90 Å². The van der Waals surface area contributed by atoms with Crippen LogP contribution in [0.2, 0.25) is 0 Å². The molecule has 3 N–H and O–H groups in total. The third-order valence-corrected chi connectivity index (χ3v) is 2.55. The van der Waals surface area contributed by atoms with E-state index in [0.29, 0.717) is 5.56 Å². The molecule has 7 heteroatoms. The number of nitrogens with zero attached hydrogens (tertiary/aromatic N) is 2. The normalized spacial score (nSPS) is 14.3. The number of aromatic nitrogens is 1. The number of nitrogens with two attached hydrogens (primary N) is 1. The molecule has 102 valence electrons. The van der Waals surface area contributed by atoms with Crippen molar-refractivity contribution in [3.63, 3.8) is 0 Å². The highest BCUT2D eigenvalue weighted by Crippen LogP contribution is 2.05. The smallest absolute Gasteiger partial charge is 0.273 e. The molecule has 1 aromatic heterocycles. The van der Waals surface area contributed by atoms with Crippen LogP contribution in [0.5, 0.6) is 0 Å². The Morgan fingerprint density at radius 3 is 2.60 bits per heavy atom. The van der Waals surface area contributed by atoms with Gasteiger partial charge in [-0.15, -0.1) is 0 Å². The van der Waals surface area contributed by atoms with Crippen molar-refractivity contribution in [2.45, 2.75) is 0 Å². The molecule has 1 saturated heterocycles. The van der Waals surface area contributed by atoms with E-state index in [4.69, 9.17) is 5.73 Å². The molecule has 0 radical (unpaired) electrons. The number of amides is 3. The molecule has 0 aromatic carbocycles. The second kappa shape index (κ2) is 5.95. The summed E-state index contributed by atoms with van der Waals surface area (Å²) in [4.78, 5) is 39.6. The summed E-state index contributed by atoms with van der Waals surface area (Å²) < 4.78 is 0. The van der Waals surface area contributed by atoms with Crippen LogP contribution in [0.4, 0.5) is 0 Å². The van der Waals surface area contributed by atoms with Gasteiger partial charge in [0.25, 0.3) is 5.91 Å². The summed E-state index contributed by atoms with van der Waals surface area (Å²) in [5.74, 6) is 3.99. The Labute approximate surface area is 115 Å². The van der Waals surface area contributed by atoms with Crippen LogP contribution in [0.25, 0.3) is 0 Å². The summed E-state index contributed by atoms with van der Waals surface area (Å²) in [5, 5.41) is 2.13. The maximum absolute atomic E-state index is 12.1. The molecule has 0 bridgehead atoms. The molecule has 0 aliphatic carbocycles. The first-order valence-corrected chi connectivity index (χ1v) is 5.87. The van der Waals surface area contributed by atoms with Crippen molar-refractivity contribution < 1.29 is 14.4 Å². The van der Waals surface area contributed by atoms with Crippen LogP contribution in [0.1, 0.15) is 16.1 Å². The lowest BCUT2D eigenvalue weighted by atomic mass is 10.2. The average molecular weight is 272 g/mol. The van der Waals surface area contributed by atoms with Crippen LogP contribution < -0.4 is 11.1 Å². The lowest BCUT2D eigenvalue weighted by molar-refractivity contribution is -0.135. The Bertz CT molecular complexity index is 597. The molecule has 0 atom stereocenters. The van der Waals surface area contributed by atoms with Crippen molar-refractivity contribution in [2.75, 3.05) is 19.6 Å². The minimum Gasteiger partial charge on any atom is -0.320 e. The molecule has 0 unspecified atom stereocenters. The predicted molar refractivity (Wildman–Crippen MR) is 69.2 cm³/mol. The van der Waals surface area contributed by atoms with Gasteiger partial charge in [-0.3, -0.25) is 19.7 Å². The van der Waals surface area contributed by atoms with E-state index in [9.17, 15) is 14.4 Å². The highest BCUT2D eigenvalue weighted by molar-refractivity contribution is 6.05. The van der Waals surface area contributed by atoms with Gasteiger partial charge in [-0.1, -0.05) is 11.8 Å². The van der Waals surface area contributed by atoms with Gasteiger partial charge in [0.15, 0.2) is 0 Å². The summed E-state index contributed by atoms with van der Waals surface area (Å²) in [6.07, 6.45) is 1.45. The van der Waals surface area contributed by atoms with Crippen molar-refractivity contribution in [3.05, 3.63) is 29.6 Å². The molecule has 20 heavy (non-hydrogen) atoms. The van der Waals surface area contributed by atoms with Gasteiger partial charge in [0.05, 0.1) is 6.54 Å². The number of imide groups is 1. The maximum atomic E-state index is 12.1. The van der Waals surface area contributed by atoms with Crippen molar-refractivity contribution in [1.82, 2.24) is 15.2 Å². The van der Waals surface area contributed by atoms with Gasteiger partial charge in [-0.2, -0.15) is 0 Å². The second-order valence-corrected chi connectivity index (χ2v) is 4.07.